The monoisotopic (exact) mass is 214 g/mol. The highest BCUT2D eigenvalue weighted by Gasteiger charge is 2.32. The molecule has 0 spiro atoms. The van der Waals surface area contributed by atoms with E-state index < -0.39 is 6.04 Å². The Morgan fingerprint density at radius 2 is 2.33 bits per heavy atom. The Bertz CT molecular complexity index is 253. The predicted octanol–water partition coefficient (Wildman–Crippen LogP) is 0.453. The predicted molar refractivity (Wildman–Crippen MR) is 54.8 cm³/mol. The number of nitrogens with zero attached hydrogens (tertiary/aromatic N) is 1. The van der Waals surface area contributed by atoms with Crippen LogP contribution >= 0.6 is 0 Å². The number of hydrogen-bond donors (Lipinski definition) is 1. The van der Waals surface area contributed by atoms with Gasteiger partial charge < -0.3 is 5.32 Å². The van der Waals surface area contributed by atoms with Gasteiger partial charge in [0, 0.05) is 12.8 Å². The summed E-state index contributed by atoms with van der Waals surface area (Å²) in [6.45, 7) is 5.99. The average Bonchev–Trinajstić information content (AvgIpc) is 2.20. The van der Waals surface area contributed by atoms with E-state index in [1.54, 1.807) is 6.92 Å². The topological polar surface area (TPSA) is 58.6 Å². The lowest BCUT2D eigenvalue weighted by Crippen LogP contribution is -2.54. The van der Waals surface area contributed by atoms with Gasteiger partial charge in [0.05, 0.1) is 12.6 Å². The van der Waals surface area contributed by atoms with E-state index in [0.717, 1.165) is 0 Å². The first kappa shape index (κ1) is 12.0. The highest BCUT2D eigenvalue weighted by Crippen LogP contribution is 2.12. The van der Waals surface area contributed by atoms with Gasteiger partial charge in [0.2, 0.25) is 5.91 Å². The van der Waals surface area contributed by atoms with Gasteiger partial charge in [-0.1, -0.05) is 6.92 Å². The zero-order valence-corrected chi connectivity index (χ0v) is 9.45. The summed E-state index contributed by atoms with van der Waals surface area (Å²) in [7, 11) is 0. The molecule has 1 heterocycles. The molecule has 0 aromatic rings. The smallest absolute Gasteiger partial charge is 0.268 e. The standard InChI is InChI=1S/C10H18N2O3/c1-4-9(13)11-8-5-6-15-12(7(2)3)10(8)14/h7-8H,4-6H2,1-3H3,(H,11,13). The number of nitrogens with one attached hydrogen (secondary N) is 1. The summed E-state index contributed by atoms with van der Waals surface area (Å²) in [6.07, 6.45) is 0.945. The maximum absolute atomic E-state index is 11.8. The van der Waals surface area contributed by atoms with Gasteiger partial charge in [0.25, 0.3) is 5.91 Å². The zero-order valence-electron chi connectivity index (χ0n) is 9.45. The molecule has 0 aliphatic carbocycles. The summed E-state index contributed by atoms with van der Waals surface area (Å²) in [5.74, 6) is -0.253. The van der Waals surface area contributed by atoms with Gasteiger partial charge in [-0.05, 0) is 13.8 Å². The second-order valence-electron chi connectivity index (χ2n) is 3.85. The molecular formula is C10H18N2O3. The van der Waals surface area contributed by atoms with Crippen molar-refractivity contribution in [1.29, 1.82) is 0 Å². The molecule has 0 radical (unpaired) electrons. The fourth-order valence-electron chi connectivity index (χ4n) is 1.44. The van der Waals surface area contributed by atoms with E-state index in [9.17, 15) is 9.59 Å². The molecule has 5 nitrogen and oxygen atoms in total. The van der Waals surface area contributed by atoms with Crippen LogP contribution in [0.3, 0.4) is 0 Å². The SMILES string of the molecule is CCC(=O)NC1CCON(C(C)C)C1=O. The van der Waals surface area contributed by atoms with E-state index in [4.69, 9.17) is 4.84 Å². The van der Waals surface area contributed by atoms with Gasteiger partial charge in [0.1, 0.15) is 6.04 Å². The molecule has 1 aliphatic heterocycles. The molecule has 1 N–H and O–H groups in total. The van der Waals surface area contributed by atoms with Crippen molar-refractivity contribution in [2.75, 3.05) is 6.61 Å². The van der Waals surface area contributed by atoms with E-state index in [-0.39, 0.29) is 17.9 Å². The molecule has 0 bridgehead atoms. The van der Waals surface area contributed by atoms with Gasteiger partial charge in [0.15, 0.2) is 0 Å². The van der Waals surface area contributed by atoms with Gasteiger partial charge in [-0.25, -0.2) is 5.06 Å². The molecule has 0 saturated carbocycles. The fraction of sp³-hybridized carbons (Fsp3) is 0.800. The van der Waals surface area contributed by atoms with Crippen molar-refractivity contribution >= 4 is 11.8 Å². The van der Waals surface area contributed by atoms with Gasteiger partial charge in [-0.2, -0.15) is 0 Å². The van der Waals surface area contributed by atoms with Crippen molar-refractivity contribution in [2.24, 2.45) is 0 Å². The van der Waals surface area contributed by atoms with E-state index in [2.05, 4.69) is 5.32 Å². The zero-order chi connectivity index (χ0) is 11.4. The van der Waals surface area contributed by atoms with Crippen LogP contribution in [0.25, 0.3) is 0 Å². The van der Waals surface area contributed by atoms with Crippen molar-refractivity contribution in [3.63, 3.8) is 0 Å². The molecule has 0 aromatic carbocycles. The van der Waals surface area contributed by atoms with Gasteiger partial charge in [-0.15, -0.1) is 0 Å². The number of rotatable bonds is 3. The van der Waals surface area contributed by atoms with Crippen LogP contribution in [0.1, 0.15) is 33.6 Å². The Morgan fingerprint density at radius 1 is 1.67 bits per heavy atom. The Morgan fingerprint density at radius 3 is 2.87 bits per heavy atom. The normalized spacial score (nSPS) is 22.0. The van der Waals surface area contributed by atoms with E-state index in [1.165, 1.54) is 5.06 Å². The maximum Gasteiger partial charge on any atom is 0.268 e. The minimum absolute atomic E-state index is 0.00108. The minimum Gasteiger partial charge on any atom is -0.344 e. The van der Waals surface area contributed by atoms with Crippen LogP contribution in [0.2, 0.25) is 0 Å². The molecule has 86 valence electrons. The van der Waals surface area contributed by atoms with Crippen molar-refractivity contribution in [1.82, 2.24) is 10.4 Å². The number of carbonyl (C=O) groups is 2. The minimum atomic E-state index is -0.423. The molecule has 1 unspecified atom stereocenters. The van der Waals surface area contributed by atoms with E-state index >= 15 is 0 Å². The van der Waals surface area contributed by atoms with Crippen LogP contribution < -0.4 is 5.32 Å². The van der Waals surface area contributed by atoms with Crippen LogP contribution in [0.4, 0.5) is 0 Å². The van der Waals surface area contributed by atoms with Gasteiger partial charge in [-0.3, -0.25) is 14.4 Å². The Hall–Kier alpha value is -1.10. The van der Waals surface area contributed by atoms with E-state index in [1.807, 2.05) is 13.8 Å². The quantitative estimate of drug-likeness (QED) is 0.742. The third-order valence-electron chi connectivity index (χ3n) is 2.28. The van der Waals surface area contributed by atoms with E-state index in [0.29, 0.717) is 19.4 Å². The molecule has 15 heavy (non-hydrogen) atoms. The van der Waals surface area contributed by atoms with Crippen molar-refractivity contribution in [3.8, 4) is 0 Å². The van der Waals surface area contributed by atoms with Crippen LogP contribution in [0.5, 0.6) is 0 Å². The second-order valence-corrected chi connectivity index (χ2v) is 3.85. The third-order valence-corrected chi connectivity index (χ3v) is 2.28. The molecule has 2 amide bonds. The molecule has 0 aromatic heterocycles. The first-order valence-corrected chi connectivity index (χ1v) is 5.31. The van der Waals surface area contributed by atoms with Crippen LogP contribution in [-0.2, 0) is 14.4 Å². The van der Waals surface area contributed by atoms with Crippen LogP contribution in [0.15, 0.2) is 0 Å². The average molecular weight is 214 g/mol. The second kappa shape index (κ2) is 5.11. The lowest BCUT2D eigenvalue weighted by Gasteiger charge is -2.34. The fourth-order valence-corrected chi connectivity index (χ4v) is 1.44. The molecule has 1 aliphatic rings. The Balaban J connectivity index is 2.58. The summed E-state index contributed by atoms with van der Waals surface area (Å²) in [5, 5.41) is 4.03. The summed E-state index contributed by atoms with van der Waals surface area (Å²) in [4.78, 5) is 28.2. The molecule has 1 saturated heterocycles. The summed E-state index contributed by atoms with van der Waals surface area (Å²) in [5.41, 5.74) is 0. The van der Waals surface area contributed by atoms with Crippen molar-refractivity contribution in [3.05, 3.63) is 0 Å². The van der Waals surface area contributed by atoms with Crippen LogP contribution in [0, 0.1) is 0 Å². The summed E-state index contributed by atoms with van der Waals surface area (Å²) >= 11 is 0. The van der Waals surface area contributed by atoms with Gasteiger partial charge >= 0.3 is 0 Å². The molecular weight excluding hydrogens is 196 g/mol. The largest absolute Gasteiger partial charge is 0.344 e. The number of carbonyl (C=O) groups excluding carboxylic acids is 2. The highest BCUT2D eigenvalue weighted by molar-refractivity contribution is 5.87. The van der Waals surface area contributed by atoms with Crippen molar-refractivity contribution < 1.29 is 14.4 Å². The lowest BCUT2D eigenvalue weighted by molar-refractivity contribution is -0.212. The molecule has 5 heteroatoms. The summed E-state index contributed by atoms with van der Waals surface area (Å²) < 4.78 is 0. The first-order chi connectivity index (χ1) is 7.06. The third kappa shape index (κ3) is 2.92. The van der Waals surface area contributed by atoms with Crippen LogP contribution in [-0.4, -0.2) is 35.6 Å². The Labute approximate surface area is 89.7 Å². The first-order valence-electron chi connectivity index (χ1n) is 5.31. The molecule has 1 atom stereocenters. The molecule has 1 rings (SSSR count). The number of hydroxylamine groups is 2. The number of amides is 2. The highest BCUT2D eigenvalue weighted by atomic mass is 16.7. The maximum atomic E-state index is 11.8. The summed E-state index contributed by atoms with van der Waals surface area (Å²) in [6, 6.07) is -0.424. The lowest BCUT2D eigenvalue weighted by atomic mass is 10.1. The molecule has 1 fully saturated rings. The number of hydrogen-bond acceptors (Lipinski definition) is 3. The Kier molecular flexibility index (Phi) is 4.08. The van der Waals surface area contributed by atoms with Crippen molar-refractivity contribution in [2.45, 2.75) is 45.7 Å².